The van der Waals surface area contributed by atoms with Gasteiger partial charge in [-0.05, 0) is 43.9 Å². The van der Waals surface area contributed by atoms with Gasteiger partial charge in [0.2, 0.25) is 11.8 Å². The maximum Gasteiger partial charge on any atom is 0.405 e. The maximum atomic E-state index is 14.2. The number of pyridine rings is 1. The lowest BCUT2D eigenvalue weighted by molar-refractivity contribution is -0.0399. The number of anilines is 1. The third-order valence-electron chi connectivity index (χ3n) is 6.86. The van der Waals surface area contributed by atoms with E-state index in [2.05, 4.69) is 15.6 Å². The summed E-state index contributed by atoms with van der Waals surface area (Å²) in [6, 6.07) is 2.40. The predicted molar refractivity (Wildman–Crippen MR) is 127 cm³/mol. The first-order valence-electron chi connectivity index (χ1n) is 11.9. The summed E-state index contributed by atoms with van der Waals surface area (Å²) in [5, 5.41) is 14.5. The van der Waals surface area contributed by atoms with Crippen molar-refractivity contribution in [1.82, 2.24) is 15.6 Å². The summed E-state index contributed by atoms with van der Waals surface area (Å²) in [4.78, 5) is 30.7. The number of nitrogens with zero attached hydrogens (tertiary/aromatic N) is 2. The molecule has 1 aliphatic carbocycles. The van der Waals surface area contributed by atoms with Crippen LogP contribution in [0.2, 0.25) is 0 Å². The van der Waals surface area contributed by atoms with Gasteiger partial charge in [0, 0.05) is 44.2 Å². The number of hydrogen-bond acceptors (Lipinski definition) is 5. The molecular weight excluding hydrogens is 496 g/mol. The van der Waals surface area contributed by atoms with Crippen LogP contribution in [0, 0.1) is 11.6 Å². The zero-order valence-electron chi connectivity index (χ0n) is 20.4. The van der Waals surface area contributed by atoms with E-state index in [-0.39, 0.29) is 60.5 Å². The van der Waals surface area contributed by atoms with Crippen LogP contribution in [0.15, 0.2) is 24.4 Å². The normalized spacial score (nSPS) is 21.5. The van der Waals surface area contributed by atoms with Crippen molar-refractivity contribution in [3.63, 3.8) is 0 Å². The molecule has 0 unspecified atom stereocenters. The standard InChI is InChI=1S/C25H28F4N4O4/c1-24(32-23(35)36)7-8-33(13-24)20-18(21(34)31-17-3-5-25(28,29)6-4-17)12-30-22(37-2)19(20)14-9-15(26)11-16(27)10-14/h9-12,17,32H,3-8,13H2,1-2H3,(H,31,34)(H,35,36)/t24-/m0/s1. The van der Waals surface area contributed by atoms with Gasteiger partial charge in [0.05, 0.1) is 29.5 Å². The number of methoxy groups -OCH3 is 1. The van der Waals surface area contributed by atoms with Gasteiger partial charge in [0.1, 0.15) is 11.6 Å². The summed E-state index contributed by atoms with van der Waals surface area (Å²) in [6.45, 7) is 2.17. The van der Waals surface area contributed by atoms with Gasteiger partial charge >= 0.3 is 6.09 Å². The molecule has 200 valence electrons. The molecule has 1 saturated heterocycles. The molecule has 37 heavy (non-hydrogen) atoms. The van der Waals surface area contributed by atoms with Crippen molar-refractivity contribution in [3.8, 4) is 17.0 Å². The fourth-order valence-corrected chi connectivity index (χ4v) is 5.05. The number of carboxylic acid groups (broad SMARTS) is 1. The number of nitrogens with one attached hydrogen (secondary N) is 2. The van der Waals surface area contributed by atoms with Crippen molar-refractivity contribution in [3.05, 3.63) is 41.6 Å². The maximum absolute atomic E-state index is 14.2. The lowest BCUT2D eigenvalue weighted by Gasteiger charge is -2.31. The number of carbonyl (C=O) groups excluding carboxylic acids is 1. The van der Waals surface area contributed by atoms with Crippen LogP contribution in [0.4, 0.5) is 28.0 Å². The lowest BCUT2D eigenvalue weighted by atomic mass is 9.92. The molecule has 0 spiro atoms. The Hall–Kier alpha value is -3.57. The average Bonchev–Trinajstić information content (AvgIpc) is 3.19. The molecule has 1 aromatic carbocycles. The van der Waals surface area contributed by atoms with Crippen LogP contribution >= 0.6 is 0 Å². The van der Waals surface area contributed by atoms with Gasteiger partial charge in [-0.15, -0.1) is 0 Å². The highest BCUT2D eigenvalue weighted by Crippen LogP contribution is 2.43. The van der Waals surface area contributed by atoms with E-state index in [4.69, 9.17) is 4.74 Å². The summed E-state index contributed by atoms with van der Waals surface area (Å²) in [5.41, 5.74) is -0.328. The van der Waals surface area contributed by atoms with Crippen LogP contribution in [0.1, 0.15) is 49.4 Å². The largest absolute Gasteiger partial charge is 0.480 e. The van der Waals surface area contributed by atoms with Gasteiger partial charge in [-0.3, -0.25) is 4.79 Å². The fraction of sp³-hybridized carbons (Fsp3) is 0.480. The molecular formula is C25H28F4N4O4. The Labute approximate surface area is 211 Å². The molecule has 2 heterocycles. The van der Waals surface area contributed by atoms with Crippen LogP contribution in [0.25, 0.3) is 11.1 Å². The topological polar surface area (TPSA) is 104 Å². The molecule has 2 fully saturated rings. The van der Waals surface area contributed by atoms with Crippen LogP contribution in [-0.4, -0.2) is 59.8 Å². The Morgan fingerprint density at radius 1 is 1.14 bits per heavy atom. The summed E-state index contributed by atoms with van der Waals surface area (Å²) in [5.74, 6) is -5.04. The van der Waals surface area contributed by atoms with Gasteiger partial charge in [-0.25, -0.2) is 27.3 Å². The first-order valence-corrected chi connectivity index (χ1v) is 11.9. The number of hydrogen-bond donors (Lipinski definition) is 3. The molecule has 8 nitrogen and oxygen atoms in total. The van der Waals surface area contributed by atoms with Crippen LogP contribution in [0.3, 0.4) is 0 Å². The fourth-order valence-electron chi connectivity index (χ4n) is 5.05. The molecule has 2 amide bonds. The Kier molecular flexibility index (Phi) is 7.20. The van der Waals surface area contributed by atoms with E-state index < -0.39 is 41.1 Å². The third kappa shape index (κ3) is 5.89. The van der Waals surface area contributed by atoms with E-state index in [9.17, 15) is 32.3 Å². The smallest absolute Gasteiger partial charge is 0.405 e. The van der Waals surface area contributed by atoms with E-state index in [0.717, 1.165) is 12.1 Å². The molecule has 4 rings (SSSR count). The number of ether oxygens (including phenoxy) is 1. The summed E-state index contributed by atoms with van der Waals surface area (Å²) >= 11 is 0. The van der Waals surface area contributed by atoms with Crippen LogP contribution in [-0.2, 0) is 0 Å². The first kappa shape index (κ1) is 26.5. The van der Waals surface area contributed by atoms with E-state index in [1.54, 1.807) is 11.8 Å². The zero-order valence-corrected chi connectivity index (χ0v) is 20.4. The quantitative estimate of drug-likeness (QED) is 0.478. The highest BCUT2D eigenvalue weighted by atomic mass is 19.3. The Balaban J connectivity index is 1.79. The second-order valence-corrected chi connectivity index (χ2v) is 9.83. The number of halogens is 4. The molecule has 2 aliphatic rings. The van der Waals surface area contributed by atoms with Gasteiger partial charge in [0.25, 0.3) is 5.91 Å². The highest BCUT2D eigenvalue weighted by molar-refractivity contribution is 6.04. The number of rotatable bonds is 6. The second-order valence-electron chi connectivity index (χ2n) is 9.83. The Bertz CT molecular complexity index is 1180. The van der Waals surface area contributed by atoms with Crippen molar-refractivity contribution in [2.24, 2.45) is 0 Å². The predicted octanol–water partition coefficient (Wildman–Crippen LogP) is 4.58. The molecule has 0 bridgehead atoms. The second kappa shape index (κ2) is 10.1. The van der Waals surface area contributed by atoms with Crippen molar-refractivity contribution < 1.29 is 37.0 Å². The van der Waals surface area contributed by atoms with Crippen molar-refractivity contribution in [2.45, 2.75) is 56.5 Å². The number of benzene rings is 1. The van der Waals surface area contributed by atoms with Crippen molar-refractivity contribution in [2.75, 3.05) is 25.1 Å². The number of aromatic nitrogens is 1. The molecule has 1 saturated carbocycles. The summed E-state index contributed by atoms with van der Waals surface area (Å²) < 4.78 is 61.1. The number of alkyl halides is 2. The molecule has 0 radical (unpaired) electrons. The third-order valence-corrected chi connectivity index (χ3v) is 6.86. The highest BCUT2D eigenvalue weighted by Gasteiger charge is 2.39. The summed E-state index contributed by atoms with van der Waals surface area (Å²) in [7, 11) is 1.33. The van der Waals surface area contributed by atoms with Gasteiger partial charge in [-0.2, -0.15) is 0 Å². The molecule has 3 N–H and O–H groups in total. The average molecular weight is 525 g/mol. The first-order chi connectivity index (χ1) is 17.4. The van der Waals surface area contributed by atoms with E-state index in [1.807, 2.05) is 0 Å². The van der Waals surface area contributed by atoms with Crippen molar-refractivity contribution in [1.29, 1.82) is 0 Å². The van der Waals surface area contributed by atoms with Gasteiger partial charge < -0.3 is 25.4 Å². The lowest BCUT2D eigenvalue weighted by Crippen LogP contribution is -2.47. The molecule has 12 heteroatoms. The van der Waals surface area contributed by atoms with Crippen LogP contribution < -0.4 is 20.3 Å². The molecule has 2 aromatic rings. The zero-order chi connectivity index (χ0) is 27.0. The minimum Gasteiger partial charge on any atom is -0.480 e. The van der Waals surface area contributed by atoms with Gasteiger partial charge in [-0.1, -0.05) is 0 Å². The number of amides is 2. The monoisotopic (exact) mass is 524 g/mol. The Morgan fingerprint density at radius 2 is 1.78 bits per heavy atom. The minimum absolute atomic E-state index is 0.00801. The van der Waals surface area contributed by atoms with Crippen LogP contribution in [0.5, 0.6) is 5.88 Å². The van der Waals surface area contributed by atoms with Crippen molar-refractivity contribution >= 4 is 17.7 Å². The van der Waals surface area contributed by atoms with E-state index in [1.165, 1.54) is 13.3 Å². The molecule has 1 atom stereocenters. The van der Waals surface area contributed by atoms with Gasteiger partial charge in [0.15, 0.2) is 0 Å². The summed E-state index contributed by atoms with van der Waals surface area (Å²) in [6.07, 6.45) is -0.0417. The molecule has 1 aromatic heterocycles. The Morgan fingerprint density at radius 3 is 2.38 bits per heavy atom. The van der Waals surface area contributed by atoms with E-state index >= 15 is 0 Å². The SMILES string of the molecule is COc1ncc(C(=O)NC2CCC(F)(F)CC2)c(N2CC[C@](C)(NC(=O)O)C2)c1-c1cc(F)cc(F)c1. The molecule has 1 aliphatic heterocycles. The van der Waals surface area contributed by atoms with E-state index in [0.29, 0.717) is 19.0 Å². The number of carbonyl (C=O) groups is 2. The minimum atomic E-state index is -2.76.